The summed E-state index contributed by atoms with van der Waals surface area (Å²) < 4.78 is 44.9. The molecule has 2 amide bonds. The monoisotopic (exact) mass is 849 g/mol. The van der Waals surface area contributed by atoms with Gasteiger partial charge in [0.15, 0.2) is 17.6 Å². The average Bonchev–Trinajstić information content (AvgIpc) is 3.45. The number of fused-ring (bicyclic) bond motifs is 2. The lowest BCUT2D eigenvalue weighted by atomic mass is 9.73. The summed E-state index contributed by atoms with van der Waals surface area (Å²) in [7, 11) is -10.2. The highest BCUT2D eigenvalue weighted by atomic mass is 31.2. The average molecular weight is 850 g/mol. The number of hydrogen-bond acceptors (Lipinski definition) is 13. The molecule has 2 aromatic rings. The van der Waals surface area contributed by atoms with Crippen LogP contribution in [0, 0.1) is 11.8 Å². The maximum Gasteiger partial charge on any atom is 0.527 e. The Bertz CT molecular complexity index is 2100. The van der Waals surface area contributed by atoms with Crippen LogP contribution in [0.5, 0.6) is 0 Å². The van der Waals surface area contributed by atoms with Crippen LogP contribution in [-0.2, 0) is 50.0 Å². The molecule has 58 heavy (non-hydrogen) atoms. The molecule has 0 spiro atoms. The topological polar surface area (TPSA) is 283 Å². The van der Waals surface area contributed by atoms with Gasteiger partial charge in [0.05, 0.1) is 12.1 Å². The molecule has 21 heteroatoms. The first-order valence-corrected chi connectivity index (χ1v) is 21.5. The van der Waals surface area contributed by atoms with Crippen LogP contribution in [0.2, 0.25) is 0 Å². The second-order valence-corrected chi connectivity index (χ2v) is 16.9. The molecule has 5 rings (SSSR count). The Morgan fingerprint density at radius 3 is 2.57 bits per heavy atom. The van der Waals surface area contributed by atoms with Gasteiger partial charge in [-0.3, -0.25) is 28.1 Å². The lowest BCUT2D eigenvalue weighted by Gasteiger charge is -2.47. The number of nitrogens with one attached hydrogen (secondary N) is 1. The number of benzene rings is 1. The van der Waals surface area contributed by atoms with E-state index < -0.39 is 76.5 Å². The van der Waals surface area contributed by atoms with E-state index >= 15 is 0 Å². The number of ether oxygens (including phenoxy) is 1. The molecule has 19 nitrogen and oxygen atoms in total. The largest absolute Gasteiger partial charge is 0.527 e. The van der Waals surface area contributed by atoms with E-state index in [1.807, 2.05) is 54.3 Å². The Morgan fingerprint density at radius 2 is 1.86 bits per heavy atom. The quantitative estimate of drug-likeness (QED) is 0.0644. The maximum atomic E-state index is 13.8. The first kappa shape index (κ1) is 44.7. The summed E-state index contributed by atoms with van der Waals surface area (Å²) in [5.74, 6) is -2.78. The molecule has 0 saturated carbocycles. The summed E-state index contributed by atoms with van der Waals surface area (Å²) in [5, 5.41) is 23.6. The Hall–Kier alpha value is -4.42. The number of amides is 2. The number of unbranched alkanes of at least 4 members (excludes halogenated alkanes) is 1. The number of phosphoric ester groups is 2. The summed E-state index contributed by atoms with van der Waals surface area (Å²) in [6.45, 7) is 5.09. The van der Waals surface area contributed by atoms with E-state index in [0.29, 0.717) is 32.2 Å². The highest BCUT2D eigenvalue weighted by Gasteiger charge is 2.44. The smallest absolute Gasteiger partial charge is 0.465 e. The van der Waals surface area contributed by atoms with Crippen LogP contribution in [0.25, 0.3) is 0 Å². The van der Waals surface area contributed by atoms with Crippen LogP contribution in [-0.4, -0.2) is 89.2 Å². The third kappa shape index (κ3) is 11.4. The molecule has 1 aliphatic carbocycles. The highest BCUT2D eigenvalue weighted by molar-refractivity contribution is 7.47. The van der Waals surface area contributed by atoms with Gasteiger partial charge in [0.2, 0.25) is 18.0 Å². The second-order valence-electron chi connectivity index (χ2n) is 14.3. The number of aliphatic hydroxyl groups is 2. The molecular weight excluding hydrogens is 800 g/mol. The van der Waals surface area contributed by atoms with Crippen molar-refractivity contribution in [3.8, 4) is 0 Å². The Labute approximate surface area is 334 Å². The minimum Gasteiger partial charge on any atom is -0.465 e. The van der Waals surface area contributed by atoms with E-state index in [1.54, 1.807) is 0 Å². The lowest BCUT2D eigenvalue weighted by molar-refractivity contribution is -0.139. The standard InChI is InChI=1S/C37H49N5O14P2/c1-24-19-26-10-3-4-11-27(26)20-42(37(2)16-7-5-12-28(24)37)32(45)14-13-31(44)39-17-8-6-9-25(21-43)22-54-58(51,52)56-34-29(23-53-57(48,49)50)55-35(33(34)46)41-18-15-30(38)40-36(41)47/h3-5,7,10-12,15-16,18,25,28,33,35,43,46H,1,6,8-9,13-14,17,19-23H2,2H3,(H,39,44)(H,51,52)(H2,38,40,47)(H2,48,49,50)/t25?,28?,33?,35-,37?/m1/s1. The summed E-state index contributed by atoms with van der Waals surface area (Å²) in [6, 6.07) is 9.17. The van der Waals surface area contributed by atoms with Gasteiger partial charge in [-0.1, -0.05) is 67.1 Å². The second kappa shape index (κ2) is 19.1. The van der Waals surface area contributed by atoms with Crippen molar-refractivity contribution in [2.24, 2.45) is 11.8 Å². The summed E-state index contributed by atoms with van der Waals surface area (Å²) >= 11 is 0. The van der Waals surface area contributed by atoms with Gasteiger partial charge in [-0.2, -0.15) is 4.98 Å². The molecule has 1 aromatic carbocycles. The molecule has 5 unspecified atom stereocenters. The van der Waals surface area contributed by atoms with Crippen molar-refractivity contribution in [1.82, 2.24) is 19.8 Å². The SMILES string of the molecule is C=C1Cc2ccccc2CN(C(=O)CCC(=O)NCCCCC(CO)COP(=O)(O)OC2=C(COP(=O)(O)O)O[C@@H](n3ccc(N)nc3=O)C2O)C2(C)C=CC=CC12. The molecule has 0 saturated heterocycles. The van der Waals surface area contributed by atoms with Gasteiger partial charge >= 0.3 is 21.3 Å². The van der Waals surface area contributed by atoms with Crippen molar-refractivity contribution in [1.29, 1.82) is 0 Å². The van der Waals surface area contributed by atoms with Crippen molar-refractivity contribution >= 4 is 33.3 Å². The van der Waals surface area contributed by atoms with E-state index in [0.717, 1.165) is 27.5 Å². The minimum absolute atomic E-state index is 0.00353. The molecule has 0 bridgehead atoms. The van der Waals surface area contributed by atoms with Crippen LogP contribution in [0.3, 0.4) is 0 Å². The van der Waals surface area contributed by atoms with E-state index in [1.165, 1.54) is 6.07 Å². The van der Waals surface area contributed by atoms with Crippen LogP contribution in [0.4, 0.5) is 5.82 Å². The molecule has 316 valence electrons. The predicted octanol–water partition coefficient (Wildman–Crippen LogP) is 2.49. The normalized spacial score (nSPS) is 23.2. The van der Waals surface area contributed by atoms with Crippen LogP contribution < -0.4 is 16.7 Å². The maximum absolute atomic E-state index is 13.8. The van der Waals surface area contributed by atoms with E-state index in [2.05, 4.69) is 27.5 Å². The lowest BCUT2D eigenvalue weighted by Crippen LogP contribution is -2.54. The van der Waals surface area contributed by atoms with Crippen molar-refractivity contribution < 1.29 is 61.9 Å². The van der Waals surface area contributed by atoms with Gasteiger partial charge in [-0.25, -0.2) is 13.9 Å². The van der Waals surface area contributed by atoms with Crippen molar-refractivity contribution in [3.05, 3.63) is 106 Å². The summed E-state index contributed by atoms with van der Waals surface area (Å²) in [5.41, 5.74) is 7.01. The third-order valence-electron chi connectivity index (χ3n) is 10.1. The zero-order valence-electron chi connectivity index (χ0n) is 31.8. The zero-order chi connectivity index (χ0) is 42.3. The molecule has 3 aliphatic rings. The molecule has 0 radical (unpaired) electrons. The number of allylic oxidation sites excluding steroid dienone is 2. The highest BCUT2D eigenvalue weighted by Crippen LogP contribution is 2.50. The van der Waals surface area contributed by atoms with E-state index in [4.69, 9.17) is 29.3 Å². The number of rotatable bonds is 18. The number of hydrogen-bond donors (Lipinski definition) is 7. The van der Waals surface area contributed by atoms with E-state index in [9.17, 15) is 38.6 Å². The zero-order valence-corrected chi connectivity index (χ0v) is 33.6. The number of aromatic nitrogens is 2. The minimum atomic E-state index is -5.09. The van der Waals surface area contributed by atoms with Crippen LogP contribution >= 0.6 is 15.6 Å². The number of nitrogens with zero attached hydrogens (tertiary/aromatic N) is 3. The number of carbonyl (C=O) groups is 2. The number of anilines is 1. The van der Waals surface area contributed by atoms with Gasteiger partial charge in [-0.15, -0.1) is 0 Å². The van der Waals surface area contributed by atoms with Crippen molar-refractivity contribution in [2.75, 3.05) is 32.1 Å². The molecule has 1 aromatic heterocycles. The molecule has 2 aliphatic heterocycles. The van der Waals surface area contributed by atoms with Gasteiger partial charge < -0.3 is 45.2 Å². The molecule has 8 N–H and O–H groups in total. The fourth-order valence-corrected chi connectivity index (χ4v) is 8.21. The van der Waals surface area contributed by atoms with E-state index in [-0.39, 0.29) is 42.9 Å². The van der Waals surface area contributed by atoms with Crippen LogP contribution in [0.15, 0.2) is 89.3 Å². The molecule has 3 heterocycles. The number of phosphoric acid groups is 2. The fraction of sp³-hybridized carbons (Fsp3) is 0.459. The van der Waals surface area contributed by atoms with Crippen molar-refractivity contribution in [2.45, 2.75) is 69.9 Å². The Kier molecular flexibility index (Phi) is 14.7. The van der Waals surface area contributed by atoms with Gasteiger partial charge in [-0.05, 0) is 43.4 Å². The first-order valence-electron chi connectivity index (χ1n) is 18.5. The van der Waals surface area contributed by atoms with Gasteiger partial charge in [0.25, 0.3) is 0 Å². The van der Waals surface area contributed by atoms with Gasteiger partial charge in [0, 0.05) is 50.6 Å². The van der Waals surface area contributed by atoms with Crippen molar-refractivity contribution in [3.63, 3.8) is 0 Å². The Morgan fingerprint density at radius 1 is 1.12 bits per heavy atom. The molecule has 6 atom stereocenters. The van der Waals surface area contributed by atoms with Gasteiger partial charge in [0.1, 0.15) is 12.4 Å². The summed E-state index contributed by atoms with van der Waals surface area (Å²) in [6.07, 6.45) is 7.40. The first-order chi connectivity index (χ1) is 27.4. The molecular formula is C37H49N5O14P2. The number of nitrogen functional groups attached to an aromatic ring is 1. The third-order valence-corrected chi connectivity index (χ3v) is 11.5. The van der Waals surface area contributed by atoms with Crippen LogP contribution in [0.1, 0.15) is 56.4 Å². The fourth-order valence-electron chi connectivity index (χ4n) is 7.02. The number of aliphatic hydroxyl groups excluding tert-OH is 2. The number of nitrogens with two attached hydrogens (primary N) is 1. The summed E-state index contributed by atoms with van der Waals surface area (Å²) in [4.78, 5) is 73.0. The Balaban J connectivity index is 1.08. The molecule has 0 fully saturated rings. The predicted molar refractivity (Wildman–Crippen MR) is 208 cm³/mol. The number of carbonyl (C=O) groups excluding carboxylic acids is 2.